The predicted octanol–water partition coefficient (Wildman–Crippen LogP) is 2.16. The average Bonchev–Trinajstić information content (AvgIpc) is 2.37. The lowest BCUT2D eigenvalue weighted by Gasteiger charge is -2.46. The minimum atomic E-state index is 0.585. The van der Waals surface area contributed by atoms with Crippen LogP contribution in [0.4, 0.5) is 5.69 Å². The zero-order valence-corrected chi connectivity index (χ0v) is 12.0. The third kappa shape index (κ3) is 2.63. The van der Waals surface area contributed by atoms with Gasteiger partial charge in [0.05, 0.1) is 19.3 Å². The smallest absolute Gasteiger partial charge is 0.0645 e. The Morgan fingerprint density at radius 3 is 2.42 bits per heavy atom. The van der Waals surface area contributed by atoms with Crippen molar-refractivity contribution in [2.24, 2.45) is 0 Å². The summed E-state index contributed by atoms with van der Waals surface area (Å²) < 4.78 is 5.31. The van der Waals surface area contributed by atoms with E-state index in [9.17, 15) is 0 Å². The molecule has 104 valence electrons. The van der Waals surface area contributed by atoms with Crippen LogP contribution in [0.2, 0.25) is 0 Å². The summed E-state index contributed by atoms with van der Waals surface area (Å²) in [7, 11) is 0. The fraction of sp³-hybridized carbons (Fsp3) is 0.625. The van der Waals surface area contributed by atoms with Crippen molar-refractivity contribution in [3.63, 3.8) is 0 Å². The van der Waals surface area contributed by atoms with Crippen molar-refractivity contribution in [3.05, 3.63) is 29.8 Å². The van der Waals surface area contributed by atoms with Gasteiger partial charge in [-0.15, -0.1) is 0 Å². The molecule has 1 aromatic carbocycles. The van der Waals surface area contributed by atoms with E-state index in [1.54, 1.807) is 0 Å². The molecule has 2 fully saturated rings. The van der Waals surface area contributed by atoms with Crippen molar-refractivity contribution in [1.29, 1.82) is 0 Å². The molecule has 0 unspecified atom stereocenters. The maximum atomic E-state index is 5.31. The molecule has 0 aliphatic carbocycles. The van der Waals surface area contributed by atoms with Crippen LogP contribution in [0.25, 0.3) is 0 Å². The van der Waals surface area contributed by atoms with E-state index in [4.69, 9.17) is 4.74 Å². The molecule has 1 atom stereocenters. The Morgan fingerprint density at radius 1 is 1.16 bits per heavy atom. The van der Waals surface area contributed by atoms with E-state index in [1.165, 1.54) is 11.3 Å². The number of piperazine rings is 1. The monoisotopic (exact) mass is 260 g/mol. The molecule has 2 saturated heterocycles. The van der Waals surface area contributed by atoms with Gasteiger partial charge in [-0.1, -0.05) is 19.1 Å². The second kappa shape index (κ2) is 5.51. The number of anilines is 1. The van der Waals surface area contributed by atoms with Crippen LogP contribution in [0, 0.1) is 0 Å². The molecule has 0 N–H and O–H groups in total. The summed E-state index contributed by atoms with van der Waals surface area (Å²) in [5.41, 5.74) is 2.79. The van der Waals surface area contributed by atoms with Gasteiger partial charge < -0.3 is 9.64 Å². The van der Waals surface area contributed by atoms with Gasteiger partial charge in [0, 0.05) is 31.4 Å². The van der Waals surface area contributed by atoms with Crippen LogP contribution in [0.5, 0.6) is 0 Å². The van der Waals surface area contributed by atoms with Gasteiger partial charge in [0.1, 0.15) is 0 Å². The number of benzene rings is 1. The number of hydrogen-bond donors (Lipinski definition) is 0. The van der Waals surface area contributed by atoms with Gasteiger partial charge >= 0.3 is 0 Å². The molecule has 0 spiro atoms. The predicted molar refractivity (Wildman–Crippen MR) is 78.8 cm³/mol. The molecular formula is C16H24N2O. The summed E-state index contributed by atoms with van der Waals surface area (Å²) in [4.78, 5) is 5.13. The van der Waals surface area contributed by atoms with E-state index in [0.717, 1.165) is 39.3 Å². The maximum absolute atomic E-state index is 5.31. The van der Waals surface area contributed by atoms with Crippen LogP contribution < -0.4 is 4.90 Å². The molecule has 2 aliphatic heterocycles. The number of rotatable bonds is 3. The molecule has 19 heavy (non-hydrogen) atoms. The van der Waals surface area contributed by atoms with Crippen molar-refractivity contribution in [2.45, 2.75) is 32.4 Å². The van der Waals surface area contributed by atoms with Crippen molar-refractivity contribution in [3.8, 4) is 0 Å². The Hall–Kier alpha value is -1.06. The summed E-state index contributed by atoms with van der Waals surface area (Å²) >= 11 is 0. The van der Waals surface area contributed by atoms with Gasteiger partial charge in [-0.3, -0.25) is 4.90 Å². The first-order valence-corrected chi connectivity index (χ1v) is 7.45. The highest BCUT2D eigenvalue weighted by atomic mass is 16.5. The van der Waals surface area contributed by atoms with Gasteiger partial charge in [0.2, 0.25) is 0 Å². The second-order valence-corrected chi connectivity index (χ2v) is 5.75. The Kier molecular flexibility index (Phi) is 3.76. The van der Waals surface area contributed by atoms with E-state index >= 15 is 0 Å². The zero-order valence-electron chi connectivity index (χ0n) is 12.0. The lowest BCUT2D eigenvalue weighted by Crippen LogP contribution is -2.59. The summed E-state index contributed by atoms with van der Waals surface area (Å²) in [5.74, 6) is 0. The van der Waals surface area contributed by atoms with Gasteiger partial charge in [0.15, 0.2) is 0 Å². The first-order valence-electron chi connectivity index (χ1n) is 7.45. The molecule has 1 aromatic rings. The van der Waals surface area contributed by atoms with Gasteiger partial charge in [-0.2, -0.15) is 0 Å². The lowest BCUT2D eigenvalue weighted by atomic mass is 10.1. The topological polar surface area (TPSA) is 15.7 Å². The Labute approximate surface area is 116 Å². The minimum Gasteiger partial charge on any atom is -0.378 e. The number of hydrogen-bond acceptors (Lipinski definition) is 3. The number of aryl methyl sites for hydroxylation is 1. The maximum Gasteiger partial charge on any atom is 0.0645 e. The molecule has 3 heteroatoms. The minimum absolute atomic E-state index is 0.585. The highest BCUT2D eigenvalue weighted by Crippen LogP contribution is 2.23. The van der Waals surface area contributed by atoms with Crippen LogP contribution in [-0.4, -0.2) is 49.8 Å². The van der Waals surface area contributed by atoms with Crippen molar-refractivity contribution in [1.82, 2.24) is 4.90 Å². The van der Waals surface area contributed by atoms with Crippen molar-refractivity contribution in [2.75, 3.05) is 37.7 Å². The largest absolute Gasteiger partial charge is 0.378 e. The van der Waals surface area contributed by atoms with Crippen LogP contribution >= 0.6 is 0 Å². The first kappa shape index (κ1) is 12.9. The van der Waals surface area contributed by atoms with E-state index < -0.39 is 0 Å². The number of nitrogens with zero attached hydrogens (tertiary/aromatic N) is 2. The van der Waals surface area contributed by atoms with Crippen molar-refractivity contribution >= 4 is 5.69 Å². The van der Waals surface area contributed by atoms with E-state index in [-0.39, 0.29) is 0 Å². The summed E-state index contributed by atoms with van der Waals surface area (Å²) in [5, 5.41) is 0. The first-order chi connectivity index (χ1) is 9.28. The number of ether oxygens (including phenoxy) is 1. The molecular weight excluding hydrogens is 236 g/mol. The third-order valence-electron chi connectivity index (χ3n) is 4.47. The van der Waals surface area contributed by atoms with Gasteiger partial charge in [-0.25, -0.2) is 0 Å². The van der Waals surface area contributed by atoms with Crippen LogP contribution in [-0.2, 0) is 11.2 Å². The van der Waals surface area contributed by atoms with E-state index in [2.05, 4.69) is 47.9 Å². The third-order valence-corrected chi connectivity index (χ3v) is 4.47. The van der Waals surface area contributed by atoms with Crippen LogP contribution in [0.1, 0.15) is 19.4 Å². The molecule has 2 heterocycles. The lowest BCUT2D eigenvalue weighted by molar-refractivity contribution is -0.0691. The fourth-order valence-electron chi connectivity index (χ4n) is 3.06. The van der Waals surface area contributed by atoms with E-state index in [1.807, 2.05) is 0 Å². The second-order valence-electron chi connectivity index (χ2n) is 5.75. The summed E-state index contributed by atoms with van der Waals surface area (Å²) in [6.07, 6.45) is 1.12. The van der Waals surface area contributed by atoms with E-state index in [0.29, 0.717) is 12.1 Å². The highest BCUT2D eigenvalue weighted by molar-refractivity contribution is 5.49. The average molecular weight is 260 g/mol. The summed E-state index contributed by atoms with van der Waals surface area (Å²) in [6.45, 7) is 9.84. The molecule has 2 aliphatic rings. The SMILES string of the molecule is CCc1ccc(N2CCN(C3COC3)C[C@@H]2C)cc1. The fourth-order valence-corrected chi connectivity index (χ4v) is 3.06. The normalized spacial score (nSPS) is 25.4. The molecule has 0 aromatic heterocycles. The van der Waals surface area contributed by atoms with Crippen molar-refractivity contribution < 1.29 is 4.74 Å². The van der Waals surface area contributed by atoms with Gasteiger partial charge in [0.25, 0.3) is 0 Å². The Bertz CT molecular complexity index is 413. The molecule has 0 bridgehead atoms. The summed E-state index contributed by atoms with van der Waals surface area (Å²) in [6, 6.07) is 10.3. The molecule has 3 nitrogen and oxygen atoms in total. The molecule has 0 amide bonds. The standard InChI is InChI=1S/C16H24N2O/c1-3-14-4-6-15(7-5-14)18-9-8-17(10-13(18)2)16-11-19-12-16/h4-7,13,16H,3,8-12H2,1-2H3/t13-/m0/s1. The Morgan fingerprint density at radius 2 is 1.89 bits per heavy atom. The van der Waals surface area contributed by atoms with Gasteiger partial charge in [-0.05, 0) is 31.0 Å². The molecule has 0 saturated carbocycles. The van der Waals surface area contributed by atoms with Crippen LogP contribution in [0.15, 0.2) is 24.3 Å². The molecule has 0 radical (unpaired) electrons. The highest BCUT2D eigenvalue weighted by Gasteiger charge is 2.31. The van der Waals surface area contributed by atoms with Crippen LogP contribution in [0.3, 0.4) is 0 Å². The quantitative estimate of drug-likeness (QED) is 0.828. The Balaban J connectivity index is 1.65. The zero-order chi connectivity index (χ0) is 13.2. The molecule has 3 rings (SSSR count).